The third kappa shape index (κ3) is 4.97. The number of aryl methyl sites for hydroxylation is 1. The number of likely N-dealkylation sites (tertiary alicyclic amines) is 1. The van der Waals surface area contributed by atoms with Crippen LogP contribution in [0.15, 0.2) is 18.2 Å². The van der Waals surface area contributed by atoms with Gasteiger partial charge in [0.05, 0.1) is 12.1 Å². The van der Waals surface area contributed by atoms with E-state index < -0.39 is 6.04 Å². The number of hydrogen-bond acceptors (Lipinski definition) is 4. The van der Waals surface area contributed by atoms with Crippen molar-refractivity contribution in [3.05, 3.63) is 29.3 Å². The molecular formula is C28H38N4O3. The summed E-state index contributed by atoms with van der Waals surface area (Å²) in [6.07, 6.45) is 10.0. The number of nitrogens with one attached hydrogen (secondary N) is 2. The second-order valence-corrected chi connectivity index (χ2v) is 11.7. The first-order valence-electron chi connectivity index (χ1n) is 13.8. The van der Waals surface area contributed by atoms with E-state index >= 15 is 0 Å². The van der Waals surface area contributed by atoms with Crippen LogP contribution in [0.3, 0.4) is 0 Å². The van der Waals surface area contributed by atoms with Gasteiger partial charge >= 0.3 is 0 Å². The zero-order valence-electron chi connectivity index (χ0n) is 20.5. The summed E-state index contributed by atoms with van der Waals surface area (Å²) in [5.74, 6) is 1.80. The van der Waals surface area contributed by atoms with Gasteiger partial charge in [0.15, 0.2) is 0 Å². The number of benzene rings is 1. The summed E-state index contributed by atoms with van der Waals surface area (Å²) >= 11 is 0. The first-order valence-corrected chi connectivity index (χ1v) is 13.8. The normalized spacial score (nSPS) is 25.0. The molecule has 0 unspecified atom stereocenters. The Balaban J connectivity index is 1.07. The minimum absolute atomic E-state index is 0.0220. The molecule has 0 radical (unpaired) electrons. The van der Waals surface area contributed by atoms with E-state index in [0.29, 0.717) is 30.1 Å². The summed E-state index contributed by atoms with van der Waals surface area (Å²) in [5.41, 5.74) is 9.50. The highest BCUT2D eigenvalue weighted by atomic mass is 16.2. The van der Waals surface area contributed by atoms with E-state index in [4.69, 9.17) is 5.73 Å². The van der Waals surface area contributed by atoms with Crippen molar-refractivity contribution in [3.63, 3.8) is 0 Å². The quantitative estimate of drug-likeness (QED) is 0.480. The largest absolute Gasteiger partial charge is 0.349 e. The predicted octanol–water partition coefficient (Wildman–Crippen LogP) is 3.14. The van der Waals surface area contributed by atoms with Crippen molar-refractivity contribution in [3.8, 4) is 0 Å². The molecule has 7 heteroatoms. The Bertz CT molecular complexity index is 997. The van der Waals surface area contributed by atoms with Crippen LogP contribution >= 0.6 is 0 Å². The lowest BCUT2D eigenvalue weighted by Gasteiger charge is -2.32. The molecule has 1 saturated heterocycles. The first-order chi connectivity index (χ1) is 17.0. The Hall–Kier alpha value is -2.41. The molecular weight excluding hydrogens is 440 g/mol. The number of hydrogen-bond donors (Lipinski definition) is 3. The standard InChI is InChI=1S/C28H38N4O3/c29-26(25(17-4-5-17)18-6-7-18)28(35)30-20-9-10-21-19(14-20)8-11-23(21)31-27(34)22(16-2-3-16)15-24(33)32-12-1-13-32/h9-10,14,16-18,22-23,25-26H,1-8,11-13,15,29H2,(H,30,35)(H,31,34)/t22-,23-,26+/m1/s1. The Morgan fingerprint density at radius 1 is 0.943 bits per heavy atom. The number of amides is 3. The van der Waals surface area contributed by atoms with Crippen LogP contribution in [0.1, 0.15) is 75.0 Å². The predicted molar refractivity (Wildman–Crippen MR) is 133 cm³/mol. The Labute approximate surface area is 207 Å². The summed E-state index contributed by atoms with van der Waals surface area (Å²) in [6, 6.07) is 5.54. The van der Waals surface area contributed by atoms with E-state index in [1.807, 2.05) is 23.1 Å². The minimum Gasteiger partial charge on any atom is -0.349 e. The van der Waals surface area contributed by atoms with Gasteiger partial charge in [-0.1, -0.05) is 6.07 Å². The van der Waals surface area contributed by atoms with Crippen molar-refractivity contribution >= 4 is 23.4 Å². The maximum atomic E-state index is 13.2. The summed E-state index contributed by atoms with van der Waals surface area (Å²) in [7, 11) is 0. The van der Waals surface area contributed by atoms with Crippen LogP contribution in [-0.2, 0) is 20.8 Å². The van der Waals surface area contributed by atoms with Crippen molar-refractivity contribution in [2.75, 3.05) is 18.4 Å². The third-order valence-corrected chi connectivity index (χ3v) is 8.99. The van der Waals surface area contributed by atoms with Gasteiger partial charge in [0.1, 0.15) is 0 Å². The molecule has 1 aromatic rings. The van der Waals surface area contributed by atoms with E-state index in [-0.39, 0.29) is 29.7 Å². The van der Waals surface area contributed by atoms with Gasteiger partial charge in [-0.05, 0) is 105 Å². The Morgan fingerprint density at radius 3 is 2.23 bits per heavy atom. The summed E-state index contributed by atoms with van der Waals surface area (Å²) in [5, 5.41) is 6.32. The van der Waals surface area contributed by atoms with E-state index in [1.54, 1.807) is 0 Å². The van der Waals surface area contributed by atoms with Gasteiger partial charge in [-0.3, -0.25) is 14.4 Å². The first kappa shape index (κ1) is 23.0. The van der Waals surface area contributed by atoms with Gasteiger partial charge in [-0.2, -0.15) is 0 Å². The van der Waals surface area contributed by atoms with Crippen molar-refractivity contribution < 1.29 is 14.4 Å². The lowest BCUT2D eigenvalue weighted by atomic mass is 9.89. The maximum Gasteiger partial charge on any atom is 0.241 e. The number of carbonyl (C=O) groups excluding carboxylic acids is 3. The summed E-state index contributed by atoms with van der Waals surface area (Å²) in [4.78, 5) is 40.5. The van der Waals surface area contributed by atoms with Crippen LogP contribution in [0.2, 0.25) is 0 Å². The second-order valence-electron chi connectivity index (χ2n) is 11.7. The number of nitrogens with zero attached hydrogens (tertiary/aromatic N) is 1. The second kappa shape index (κ2) is 9.23. The molecule has 0 bridgehead atoms. The molecule has 3 atom stereocenters. The van der Waals surface area contributed by atoms with Crippen LogP contribution in [0.5, 0.6) is 0 Å². The molecule has 1 aromatic carbocycles. The maximum absolute atomic E-state index is 13.2. The van der Waals surface area contributed by atoms with Crippen LogP contribution in [0, 0.1) is 29.6 Å². The van der Waals surface area contributed by atoms with Gasteiger partial charge < -0.3 is 21.3 Å². The lowest BCUT2D eigenvalue weighted by Crippen LogP contribution is -2.44. The molecule has 188 valence electrons. The van der Waals surface area contributed by atoms with Crippen molar-refractivity contribution in [2.45, 2.75) is 76.3 Å². The number of anilines is 1. The van der Waals surface area contributed by atoms with Crippen molar-refractivity contribution in [1.29, 1.82) is 0 Å². The van der Waals surface area contributed by atoms with Crippen LogP contribution in [0.25, 0.3) is 0 Å². The van der Waals surface area contributed by atoms with Gasteiger partial charge in [-0.15, -0.1) is 0 Å². The van der Waals surface area contributed by atoms with Gasteiger partial charge in [0, 0.05) is 31.1 Å². The van der Waals surface area contributed by atoms with Crippen LogP contribution in [0.4, 0.5) is 5.69 Å². The van der Waals surface area contributed by atoms with Crippen LogP contribution in [-0.4, -0.2) is 41.8 Å². The number of fused-ring (bicyclic) bond motifs is 1. The molecule has 3 saturated carbocycles. The van der Waals surface area contributed by atoms with Crippen molar-refractivity contribution in [2.24, 2.45) is 35.3 Å². The van der Waals surface area contributed by atoms with E-state index in [2.05, 4.69) is 10.6 Å². The Morgan fingerprint density at radius 2 is 1.63 bits per heavy atom. The number of nitrogens with two attached hydrogens (primary N) is 1. The lowest BCUT2D eigenvalue weighted by molar-refractivity contribution is -0.139. The minimum atomic E-state index is -0.436. The molecule has 35 heavy (non-hydrogen) atoms. The van der Waals surface area contributed by atoms with Crippen molar-refractivity contribution in [1.82, 2.24) is 10.2 Å². The molecule has 0 aromatic heterocycles. The number of carbonyl (C=O) groups is 3. The van der Waals surface area contributed by atoms with E-state index in [9.17, 15) is 14.4 Å². The molecule has 7 nitrogen and oxygen atoms in total. The molecule has 6 rings (SSSR count). The highest BCUT2D eigenvalue weighted by Gasteiger charge is 2.46. The fourth-order valence-corrected chi connectivity index (χ4v) is 6.31. The fraction of sp³-hybridized carbons (Fsp3) is 0.679. The molecule has 4 aliphatic carbocycles. The highest BCUT2D eigenvalue weighted by Crippen LogP contribution is 2.50. The molecule has 5 aliphatic rings. The summed E-state index contributed by atoms with van der Waals surface area (Å²) in [6.45, 7) is 1.67. The molecule has 4 fully saturated rings. The van der Waals surface area contributed by atoms with Gasteiger partial charge in [-0.25, -0.2) is 0 Å². The molecule has 3 amide bonds. The zero-order chi connectivity index (χ0) is 24.1. The molecule has 4 N–H and O–H groups in total. The number of rotatable bonds is 10. The van der Waals surface area contributed by atoms with Crippen LogP contribution < -0.4 is 16.4 Å². The summed E-state index contributed by atoms with van der Waals surface area (Å²) < 4.78 is 0. The molecule has 1 aliphatic heterocycles. The Kier molecular flexibility index (Phi) is 6.07. The van der Waals surface area contributed by atoms with Gasteiger partial charge in [0.25, 0.3) is 0 Å². The average molecular weight is 479 g/mol. The molecule has 1 heterocycles. The third-order valence-electron chi connectivity index (χ3n) is 8.99. The van der Waals surface area contributed by atoms with Gasteiger partial charge in [0.2, 0.25) is 17.7 Å². The SMILES string of the molecule is N[C@H](C(=O)Nc1ccc2c(c1)CC[C@H]2NC(=O)[C@H](CC(=O)N1CCC1)C1CC1)C(C1CC1)C1CC1. The highest BCUT2D eigenvalue weighted by molar-refractivity contribution is 5.95. The fourth-order valence-electron chi connectivity index (χ4n) is 6.31. The zero-order valence-corrected chi connectivity index (χ0v) is 20.5. The molecule has 0 spiro atoms. The van der Waals surface area contributed by atoms with E-state index in [0.717, 1.165) is 56.4 Å². The van der Waals surface area contributed by atoms with E-state index in [1.165, 1.54) is 31.2 Å². The topological polar surface area (TPSA) is 105 Å². The average Bonchev–Trinajstić information content (AvgIpc) is 3.64. The monoisotopic (exact) mass is 478 g/mol. The smallest absolute Gasteiger partial charge is 0.241 e.